The fourth-order valence-electron chi connectivity index (χ4n) is 2.66. The van der Waals surface area contributed by atoms with E-state index in [1.807, 2.05) is 4.90 Å². The predicted molar refractivity (Wildman–Crippen MR) is 57.2 cm³/mol. The van der Waals surface area contributed by atoms with Gasteiger partial charge >= 0.3 is 0 Å². The van der Waals surface area contributed by atoms with Crippen molar-refractivity contribution in [1.82, 2.24) is 10.4 Å². The first-order chi connectivity index (χ1) is 7.72. The third kappa shape index (κ3) is 2.19. The van der Waals surface area contributed by atoms with E-state index in [1.165, 1.54) is 20.0 Å². The number of rotatable bonds is 3. The summed E-state index contributed by atoms with van der Waals surface area (Å²) in [7, 11) is 1.41. The fourth-order valence-corrected chi connectivity index (χ4v) is 2.66. The van der Waals surface area contributed by atoms with Gasteiger partial charge in [-0.2, -0.15) is 0 Å². The Morgan fingerprint density at radius 2 is 2.12 bits per heavy atom. The van der Waals surface area contributed by atoms with Gasteiger partial charge in [0.1, 0.15) is 0 Å². The second-order valence-corrected chi connectivity index (χ2v) is 4.56. The summed E-state index contributed by atoms with van der Waals surface area (Å²) in [5, 5.41) is 0. The van der Waals surface area contributed by atoms with Crippen LogP contribution >= 0.6 is 0 Å². The molecule has 1 heterocycles. The summed E-state index contributed by atoms with van der Waals surface area (Å²) in [6.07, 6.45) is 4.90. The zero-order chi connectivity index (χ0) is 11.5. The number of hydrogen-bond donors (Lipinski definition) is 1. The number of amides is 2. The van der Waals surface area contributed by atoms with Crippen LogP contribution in [0.1, 0.15) is 32.1 Å². The molecule has 0 aromatic carbocycles. The van der Waals surface area contributed by atoms with Gasteiger partial charge in [0, 0.05) is 19.0 Å². The van der Waals surface area contributed by atoms with Crippen LogP contribution in [-0.2, 0) is 14.4 Å². The molecule has 1 saturated heterocycles. The van der Waals surface area contributed by atoms with E-state index < -0.39 is 0 Å². The van der Waals surface area contributed by atoms with Gasteiger partial charge in [0.2, 0.25) is 11.8 Å². The minimum Gasteiger partial charge on any atom is -0.339 e. The second kappa shape index (κ2) is 4.82. The van der Waals surface area contributed by atoms with E-state index in [2.05, 4.69) is 10.3 Å². The Morgan fingerprint density at radius 1 is 1.44 bits per heavy atom. The van der Waals surface area contributed by atoms with Crippen molar-refractivity contribution in [1.29, 1.82) is 0 Å². The summed E-state index contributed by atoms with van der Waals surface area (Å²) in [4.78, 5) is 29.8. The van der Waals surface area contributed by atoms with E-state index in [1.54, 1.807) is 0 Å². The van der Waals surface area contributed by atoms with Crippen molar-refractivity contribution in [2.75, 3.05) is 13.7 Å². The van der Waals surface area contributed by atoms with Gasteiger partial charge < -0.3 is 4.90 Å². The number of nitrogens with one attached hydrogen (secondary N) is 1. The normalized spacial score (nSPS) is 26.4. The van der Waals surface area contributed by atoms with Gasteiger partial charge in [-0.3, -0.25) is 14.4 Å². The van der Waals surface area contributed by atoms with E-state index in [4.69, 9.17) is 0 Å². The van der Waals surface area contributed by atoms with Crippen LogP contribution in [0.15, 0.2) is 0 Å². The third-order valence-electron chi connectivity index (χ3n) is 3.50. The van der Waals surface area contributed by atoms with E-state index in [0.717, 1.165) is 12.8 Å². The van der Waals surface area contributed by atoms with E-state index in [0.29, 0.717) is 19.0 Å². The average Bonchev–Trinajstić information content (AvgIpc) is 2.86. The number of hydroxylamine groups is 1. The quantitative estimate of drug-likeness (QED) is 0.711. The van der Waals surface area contributed by atoms with Crippen LogP contribution < -0.4 is 5.48 Å². The molecule has 90 valence electrons. The molecule has 2 aliphatic rings. The highest BCUT2D eigenvalue weighted by molar-refractivity contribution is 5.88. The molecule has 1 unspecified atom stereocenters. The first kappa shape index (κ1) is 11.4. The van der Waals surface area contributed by atoms with Gasteiger partial charge in [-0.15, -0.1) is 0 Å². The smallest absolute Gasteiger partial charge is 0.248 e. The minimum absolute atomic E-state index is 0.114. The lowest BCUT2D eigenvalue weighted by Gasteiger charge is -2.23. The van der Waals surface area contributed by atoms with Crippen molar-refractivity contribution < 1.29 is 14.4 Å². The maximum absolute atomic E-state index is 11.8. The molecule has 1 N–H and O–H groups in total. The van der Waals surface area contributed by atoms with Crippen molar-refractivity contribution in [2.24, 2.45) is 5.92 Å². The summed E-state index contributed by atoms with van der Waals surface area (Å²) in [5.41, 5.74) is 2.30. The largest absolute Gasteiger partial charge is 0.339 e. The van der Waals surface area contributed by atoms with Gasteiger partial charge in [-0.25, -0.2) is 5.48 Å². The number of carbonyl (C=O) groups is 2. The van der Waals surface area contributed by atoms with Gasteiger partial charge in [0.25, 0.3) is 0 Å². The van der Waals surface area contributed by atoms with Gasteiger partial charge in [-0.1, -0.05) is 12.8 Å². The standard InChI is InChI=1S/C11H18N2O3/c1-16-12-11(15)8-6-10(14)13(7-8)9-4-2-3-5-9/h8-9H,2-7H2,1H3,(H,12,15). The van der Waals surface area contributed by atoms with Crippen LogP contribution in [-0.4, -0.2) is 36.4 Å². The van der Waals surface area contributed by atoms with Gasteiger partial charge in [-0.05, 0) is 12.8 Å². The second-order valence-electron chi connectivity index (χ2n) is 4.56. The molecule has 5 heteroatoms. The first-order valence-corrected chi connectivity index (χ1v) is 5.84. The molecular formula is C11H18N2O3. The minimum atomic E-state index is -0.243. The molecule has 5 nitrogen and oxygen atoms in total. The molecule has 16 heavy (non-hydrogen) atoms. The topological polar surface area (TPSA) is 58.6 Å². The molecule has 2 amide bonds. The molecule has 2 rings (SSSR count). The molecule has 0 aromatic heterocycles. The van der Waals surface area contributed by atoms with Crippen molar-refractivity contribution in [3.05, 3.63) is 0 Å². The summed E-state index contributed by atoms with van der Waals surface area (Å²) in [5.74, 6) is -0.312. The lowest BCUT2D eigenvalue weighted by atomic mass is 10.1. The summed E-state index contributed by atoms with van der Waals surface area (Å²) in [6.45, 7) is 0.554. The maximum atomic E-state index is 11.8. The van der Waals surface area contributed by atoms with Gasteiger partial charge in [0.05, 0.1) is 13.0 Å². The monoisotopic (exact) mass is 226 g/mol. The molecule has 1 aliphatic carbocycles. The Balaban J connectivity index is 1.93. The SMILES string of the molecule is CONC(=O)C1CC(=O)N(C2CCCC2)C1. The Labute approximate surface area is 95.1 Å². The van der Waals surface area contributed by atoms with Crippen LogP contribution in [0.5, 0.6) is 0 Å². The average molecular weight is 226 g/mol. The zero-order valence-corrected chi connectivity index (χ0v) is 9.57. The number of likely N-dealkylation sites (tertiary alicyclic amines) is 1. The molecule has 0 radical (unpaired) electrons. The number of carbonyl (C=O) groups excluding carboxylic acids is 2. The Bertz CT molecular complexity index is 287. The fraction of sp³-hybridized carbons (Fsp3) is 0.818. The molecule has 2 fully saturated rings. The highest BCUT2D eigenvalue weighted by Crippen LogP contribution is 2.29. The van der Waals surface area contributed by atoms with Crippen LogP contribution in [0.3, 0.4) is 0 Å². The number of nitrogens with zero attached hydrogens (tertiary/aromatic N) is 1. The van der Waals surface area contributed by atoms with Crippen LogP contribution in [0, 0.1) is 5.92 Å². The van der Waals surface area contributed by atoms with E-state index in [9.17, 15) is 9.59 Å². The maximum Gasteiger partial charge on any atom is 0.248 e. The third-order valence-corrected chi connectivity index (χ3v) is 3.50. The van der Waals surface area contributed by atoms with E-state index >= 15 is 0 Å². The molecule has 1 saturated carbocycles. The molecule has 0 spiro atoms. The van der Waals surface area contributed by atoms with Crippen LogP contribution in [0.25, 0.3) is 0 Å². The molecule has 1 atom stereocenters. The summed E-state index contributed by atoms with van der Waals surface area (Å²) >= 11 is 0. The first-order valence-electron chi connectivity index (χ1n) is 5.84. The molecule has 0 bridgehead atoms. The lowest BCUT2D eigenvalue weighted by molar-refractivity contribution is -0.135. The molecular weight excluding hydrogens is 208 g/mol. The lowest BCUT2D eigenvalue weighted by Crippen LogP contribution is -2.36. The summed E-state index contributed by atoms with van der Waals surface area (Å²) in [6, 6.07) is 0.368. The Hall–Kier alpha value is -1.10. The highest BCUT2D eigenvalue weighted by Gasteiger charge is 2.38. The summed E-state index contributed by atoms with van der Waals surface area (Å²) < 4.78 is 0. The highest BCUT2D eigenvalue weighted by atomic mass is 16.6. The van der Waals surface area contributed by atoms with E-state index in [-0.39, 0.29) is 17.7 Å². The van der Waals surface area contributed by atoms with Crippen LogP contribution in [0.2, 0.25) is 0 Å². The van der Waals surface area contributed by atoms with Crippen molar-refractivity contribution in [3.63, 3.8) is 0 Å². The van der Waals surface area contributed by atoms with Gasteiger partial charge in [0.15, 0.2) is 0 Å². The van der Waals surface area contributed by atoms with Crippen LogP contribution in [0.4, 0.5) is 0 Å². The van der Waals surface area contributed by atoms with Crippen molar-refractivity contribution in [3.8, 4) is 0 Å². The zero-order valence-electron chi connectivity index (χ0n) is 9.57. The Morgan fingerprint density at radius 3 is 2.75 bits per heavy atom. The number of hydrogen-bond acceptors (Lipinski definition) is 3. The van der Waals surface area contributed by atoms with Crippen molar-refractivity contribution in [2.45, 2.75) is 38.1 Å². The Kier molecular flexibility index (Phi) is 3.43. The molecule has 1 aliphatic heterocycles. The van der Waals surface area contributed by atoms with Crippen molar-refractivity contribution >= 4 is 11.8 Å². The molecule has 0 aromatic rings. The predicted octanol–water partition coefficient (Wildman–Crippen LogP) is 0.455.